The molecule has 0 saturated heterocycles. The first-order valence-corrected chi connectivity index (χ1v) is 6.81. The van der Waals surface area contributed by atoms with E-state index in [1.165, 1.54) is 12.1 Å². The second kappa shape index (κ2) is 6.05. The number of nitrogens with two attached hydrogens (primary N) is 1. The van der Waals surface area contributed by atoms with Gasteiger partial charge >= 0.3 is 0 Å². The number of hydrogen-bond donors (Lipinski definition) is 1. The van der Waals surface area contributed by atoms with Crippen molar-refractivity contribution in [3.05, 3.63) is 63.9 Å². The van der Waals surface area contributed by atoms with Gasteiger partial charge in [-0.2, -0.15) is 0 Å². The summed E-state index contributed by atoms with van der Waals surface area (Å²) in [4.78, 5) is 13.8. The van der Waals surface area contributed by atoms with E-state index in [4.69, 9.17) is 5.73 Å². The van der Waals surface area contributed by atoms with Gasteiger partial charge in [-0.3, -0.25) is 4.79 Å². The van der Waals surface area contributed by atoms with Crippen LogP contribution in [0, 0.1) is 5.82 Å². The summed E-state index contributed by atoms with van der Waals surface area (Å²) in [5.41, 5.74) is 7.70. The molecule has 0 unspecified atom stereocenters. The third-order valence-electron chi connectivity index (χ3n) is 2.93. The van der Waals surface area contributed by atoms with E-state index < -0.39 is 0 Å². The molecular formula is C15H14BrFN2O. The summed E-state index contributed by atoms with van der Waals surface area (Å²) in [6.07, 6.45) is 0. The molecule has 3 nitrogen and oxygen atoms in total. The minimum absolute atomic E-state index is 0.116. The number of amides is 1. The van der Waals surface area contributed by atoms with Crippen molar-refractivity contribution < 1.29 is 9.18 Å². The largest absolute Gasteiger partial charge is 0.398 e. The molecule has 5 heteroatoms. The average Bonchev–Trinajstić information content (AvgIpc) is 2.43. The van der Waals surface area contributed by atoms with Gasteiger partial charge in [0.1, 0.15) is 5.82 Å². The second-order valence-electron chi connectivity index (χ2n) is 4.52. The van der Waals surface area contributed by atoms with Crippen LogP contribution in [0.5, 0.6) is 0 Å². The number of carbonyl (C=O) groups excluding carboxylic acids is 1. The second-order valence-corrected chi connectivity index (χ2v) is 5.38. The highest BCUT2D eigenvalue weighted by Gasteiger charge is 2.13. The van der Waals surface area contributed by atoms with Gasteiger partial charge in [0.2, 0.25) is 0 Å². The monoisotopic (exact) mass is 336 g/mol. The lowest BCUT2D eigenvalue weighted by Crippen LogP contribution is -2.26. The third kappa shape index (κ3) is 3.36. The van der Waals surface area contributed by atoms with Crippen LogP contribution >= 0.6 is 15.9 Å². The maximum atomic E-state index is 12.8. The van der Waals surface area contributed by atoms with Crippen LogP contribution in [-0.2, 0) is 6.54 Å². The highest BCUT2D eigenvalue weighted by Crippen LogP contribution is 2.21. The molecule has 2 aromatic carbocycles. The summed E-state index contributed by atoms with van der Waals surface area (Å²) in [6, 6.07) is 11.2. The molecule has 0 aliphatic heterocycles. The van der Waals surface area contributed by atoms with E-state index in [1.807, 2.05) is 0 Å². The van der Waals surface area contributed by atoms with Crippen LogP contribution in [0.1, 0.15) is 15.9 Å². The standard InChI is InChI=1S/C15H14BrFN2O/c1-19(9-10-2-5-12(17)6-3-10)15(20)11-4-7-14(18)13(16)8-11/h2-8H,9,18H2,1H3. The fourth-order valence-corrected chi connectivity index (χ4v) is 2.19. The van der Waals surface area contributed by atoms with E-state index in [1.54, 1.807) is 42.3 Å². The fourth-order valence-electron chi connectivity index (χ4n) is 1.82. The van der Waals surface area contributed by atoms with Gasteiger partial charge in [-0.25, -0.2) is 4.39 Å². The zero-order valence-electron chi connectivity index (χ0n) is 10.9. The Bertz CT molecular complexity index is 628. The molecule has 0 spiro atoms. The highest BCUT2D eigenvalue weighted by molar-refractivity contribution is 9.10. The van der Waals surface area contributed by atoms with Gasteiger partial charge in [-0.1, -0.05) is 12.1 Å². The van der Waals surface area contributed by atoms with E-state index in [2.05, 4.69) is 15.9 Å². The quantitative estimate of drug-likeness (QED) is 0.872. The summed E-state index contributed by atoms with van der Waals surface area (Å²) in [5.74, 6) is -0.403. The lowest BCUT2D eigenvalue weighted by Gasteiger charge is -2.17. The van der Waals surface area contributed by atoms with Gasteiger partial charge in [0.25, 0.3) is 5.91 Å². The molecule has 104 valence electrons. The third-order valence-corrected chi connectivity index (χ3v) is 3.61. The van der Waals surface area contributed by atoms with Gasteiger partial charge < -0.3 is 10.6 Å². The van der Waals surface area contributed by atoms with E-state index in [0.29, 0.717) is 22.3 Å². The summed E-state index contributed by atoms with van der Waals surface area (Å²) >= 11 is 3.30. The Hall–Kier alpha value is -1.88. The molecule has 0 fully saturated rings. The Balaban J connectivity index is 2.11. The van der Waals surface area contributed by atoms with Crippen LogP contribution in [-0.4, -0.2) is 17.9 Å². The predicted molar refractivity (Wildman–Crippen MR) is 80.8 cm³/mol. The molecule has 0 saturated carbocycles. The van der Waals surface area contributed by atoms with Crippen molar-refractivity contribution in [2.75, 3.05) is 12.8 Å². The molecule has 0 aliphatic carbocycles. The summed E-state index contributed by atoms with van der Waals surface area (Å²) in [5, 5.41) is 0. The minimum atomic E-state index is -0.287. The van der Waals surface area contributed by atoms with Crippen LogP contribution in [0.4, 0.5) is 10.1 Å². The van der Waals surface area contributed by atoms with Crippen LogP contribution in [0.15, 0.2) is 46.9 Å². The van der Waals surface area contributed by atoms with Gasteiger partial charge in [-0.15, -0.1) is 0 Å². The molecule has 2 N–H and O–H groups in total. The number of carbonyl (C=O) groups is 1. The number of halogens is 2. The van der Waals surface area contributed by atoms with Crippen molar-refractivity contribution in [2.24, 2.45) is 0 Å². The van der Waals surface area contributed by atoms with Crippen LogP contribution in [0.3, 0.4) is 0 Å². The number of benzene rings is 2. The first-order chi connectivity index (χ1) is 9.47. The number of rotatable bonds is 3. The fraction of sp³-hybridized carbons (Fsp3) is 0.133. The molecule has 20 heavy (non-hydrogen) atoms. The molecule has 1 amide bonds. The lowest BCUT2D eigenvalue weighted by molar-refractivity contribution is 0.0785. The van der Waals surface area contributed by atoms with Gasteiger partial charge in [0.15, 0.2) is 0 Å². The van der Waals surface area contributed by atoms with Crippen molar-refractivity contribution in [3.8, 4) is 0 Å². The lowest BCUT2D eigenvalue weighted by atomic mass is 10.1. The van der Waals surface area contributed by atoms with Gasteiger partial charge in [0.05, 0.1) is 0 Å². The first-order valence-electron chi connectivity index (χ1n) is 6.02. The van der Waals surface area contributed by atoms with Crippen LogP contribution in [0.2, 0.25) is 0 Å². The maximum absolute atomic E-state index is 12.8. The van der Waals surface area contributed by atoms with E-state index in [0.717, 1.165) is 5.56 Å². The molecule has 0 radical (unpaired) electrons. The van der Waals surface area contributed by atoms with Crippen LogP contribution < -0.4 is 5.73 Å². The smallest absolute Gasteiger partial charge is 0.253 e. The predicted octanol–water partition coefficient (Wildman–Crippen LogP) is 3.44. The SMILES string of the molecule is CN(Cc1ccc(F)cc1)C(=O)c1ccc(N)c(Br)c1. The van der Waals surface area contributed by atoms with Gasteiger partial charge in [0, 0.05) is 29.3 Å². The zero-order chi connectivity index (χ0) is 14.7. The molecule has 2 rings (SSSR count). The molecular weight excluding hydrogens is 323 g/mol. The number of hydrogen-bond acceptors (Lipinski definition) is 2. The van der Waals surface area contributed by atoms with Crippen LogP contribution in [0.25, 0.3) is 0 Å². The van der Waals surface area contributed by atoms with Crippen molar-refractivity contribution in [3.63, 3.8) is 0 Å². The van der Waals surface area contributed by atoms with Crippen molar-refractivity contribution in [1.82, 2.24) is 4.90 Å². The Morgan fingerprint density at radius 3 is 2.50 bits per heavy atom. The summed E-state index contributed by atoms with van der Waals surface area (Å²) in [6.45, 7) is 0.418. The van der Waals surface area contributed by atoms with E-state index in [-0.39, 0.29) is 11.7 Å². The molecule has 0 aliphatic rings. The Labute approximate surface area is 125 Å². The molecule has 2 aromatic rings. The maximum Gasteiger partial charge on any atom is 0.253 e. The number of anilines is 1. The molecule has 0 bridgehead atoms. The zero-order valence-corrected chi connectivity index (χ0v) is 12.5. The van der Waals surface area contributed by atoms with E-state index in [9.17, 15) is 9.18 Å². The Kier molecular flexibility index (Phi) is 4.39. The number of nitrogen functional groups attached to an aromatic ring is 1. The normalized spacial score (nSPS) is 10.3. The topological polar surface area (TPSA) is 46.3 Å². The molecule has 0 aromatic heterocycles. The van der Waals surface area contributed by atoms with Crippen molar-refractivity contribution in [1.29, 1.82) is 0 Å². The highest BCUT2D eigenvalue weighted by atomic mass is 79.9. The average molecular weight is 337 g/mol. The number of nitrogens with zero attached hydrogens (tertiary/aromatic N) is 1. The van der Waals surface area contributed by atoms with E-state index >= 15 is 0 Å². The van der Waals surface area contributed by atoms with Crippen molar-refractivity contribution in [2.45, 2.75) is 6.54 Å². The first kappa shape index (κ1) is 14.5. The molecule has 0 atom stereocenters. The molecule has 0 heterocycles. The summed E-state index contributed by atoms with van der Waals surface area (Å²) < 4.78 is 13.5. The Morgan fingerprint density at radius 1 is 1.25 bits per heavy atom. The van der Waals surface area contributed by atoms with Gasteiger partial charge in [-0.05, 0) is 51.8 Å². The Morgan fingerprint density at radius 2 is 1.90 bits per heavy atom. The minimum Gasteiger partial charge on any atom is -0.398 e. The summed E-state index contributed by atoms with van der Waals surface area (Å²) in [7, 11) is 1.70. The van der Waals surface area contributed by atoms with Crippen molar-refractivity contribution >= 4 is 27.5 Å².